The number of hydrogen-bond acceptors (Lipinski definition) is 4. The Morgan fingerprint density at radius 3 is 2.68 bits per heavy atom. The van der Waals surface area contributed by atoms with Crippen molar-refractivity contribution in [3.05, 3.63) is 51.7 Å². The number of likely N-dealkylation sites (tertiary alicyclic amines) is 1. The number of nitrogens with zero attached hydrogens (tertiary/aromatic N) is 1. The standard InChI is InChI=1S/C20H25NO3S/c1-3-24-17-6-4-5-16(13-17)19(18-8-7-14(2)25-18)21-11-9-15(10-12-21)20(22)23/h4-8,13,15,19H,3,9-12H2,1-2H3,(H,22,23). The number of carboxylic acids is 1. The maximum absolute atomic E-state index is 11.3. The lowest BCUT2D eigenvalue weighted by Crippen LogP contribution is -2.39. The van der Waals surface area contributed by atoms with E-state index in [4.69, 9.17) is 4.74 Å². The van der Waals surface area contributed by atoms with Gasteiger partial charge in [-0.1, -0.05) is 12.1 Å². The second kappa shape index (κ2) is 8.02. The number of piperidine rings is 1. The first-order valence-corrected chi connectivity index (χ1v) is 9.66. The van der Waals surface area contributed by atoms with E-state index in [0.29, 0.717) is 19.4 Å². The van der Waals surface area contributed by atoms with Crippen molar-refractivity contribution in [2.75, 3.05) is 19.7 Å². The molecule has 5 heteroatoms. The third kappa shape index (κ3) is 4.22. The molecule has 1 unspecified atom stereocenters. The number of hydrogen-bond donors (Lipinski definition) is 1. The van der Waals surface area contributed by atoms with E-state index in [1.807, 2.05) is 30.4 Å². The van der Waals surface area contributed by atoms with Crippen molar-refractivity contribution >= 4 is 17.3 Å². The molecular weight excluding hydrogens is 334 g/mol. The lowest BCUT2D eigenvalue weighted by molar-refractivity contribution is -0.143. The molecule has 2 aromatic rings. The first-order valence-electron chi connectivity index (χ1n) is 8.84. The fraction of sp³-hybridized carbons (Fsp3) is 0.450. The van der Waals surface area contributed by atoms with Gasteiger partial charge in [-0.25, -0.2) is 0 Å². The Hall–Kier alpha value is -1.85. The largest absolute Gasteiger partial charge is 0.494 e. The molecule has 0 spiro atoms. The van der Waals surface area contributed by atoms with Gasteiger partial charge < -0.3 is 9.84 Å². The van der Waals surface area contributed by atoms with Crippen molar-refractivity contribution in [1.29, 1.82) is 0 Å². The Morgan fingerprint density at radius 2 is 2.08 bits per heavy atom. The van der Waals surface area contributed by atoms with E-state index in [1.165, 1.54) is 15.3 Å². The minimum Gasteiger partial charge on any atom is -0.494 e. The molecule has 1 aliphatic rings. The van der Waals surface area contributed by atoms with Crippen molar-refractivity contribution in [2.45, 2.75) is 32.7 Å². The van der Waals surface area contributed by atoms with E-state index in [-0.39, 0.29) is 12.0 Å². The Balaban J connectivity index is 1.89. The number of ether oxygens (including phenoxy) is 1. The molecule has 1 atom stereocenters. The highest BCUT2D eigenvalue weighted by Gasteiger charge is 2.30. The Labute approximate surface area is 153 Å². The molecule has 0 radical (unpaired) electrons. The van der Waals surface area contributed by atoms with E-state index in [0.717, 1.165) is 18.8 Å². The number of benzene rings is 1. The molecule has 0 bridgehead atoms. The molecule has 1 fully saturated rings. The molecular formula is C20H25NO3S. The van der Waals surface area contributed by atoms with Gasteiger partial charge in [-0.05, 0) is 69.6 Å². The molecule has 0 saturated carbocycles. The average molecular weight is 359 g/mol. The van der Waals surface area contributed by atoms with Gasteiger partial charge in [0.05, 0.1) is 18.6 Å². The molecule has 1 aliphatic heterocycles. The summed E-state index contributed by atoms with van der Waals surface area (Å²) in [5.74, 6) is 0.0111. The summed E-state index contributed by atoms with van der Waals surface area (Å²) in [5, 5.41) is 9.26. The first-order chi connectivity index (χ1) is 12.1. The normalized spacial score (nSPS) is 17.4. The van der Waals surface area contributed by atoms with Crippen molar-refractivity contribution in [2.24, 2.45) is 5.92 Å². The monoisotopic (exact) mass is 359 g/mol. The number of aliphatic carboxylic acids is 1. The summed E-state index contributed by atoms with van der Waals surface area (Å²) in [6.45, 7) is 6.37. The van der Waals surface area contributed by atoms with Crippen LogP contribution in [-0.4, -0.2) is 35.7 Å². The van der Waals surface area contributed by atoms with Crippen LogP contribution in [0.2, 0.25) is 0 Å². The van der Waals surface area contributed by atoms with E-state index in [2.05, 4.69) is 36.1 Å². The average Bonchev–Trinajstić information content (AvgIpc) is 3.02. The fourth-order valence-electron chi connectivity index (χ4n) is 3.50. The van der Waals surface area contributed by atoms with Crippen LogP contribution in [0, 0.1) is 12.8 Å². The zero-order chi connectivity index (χ0) is 17.8. The third-order valence-corrected chi connectivity index (χ3v) is 5.81. The van der Waals surface area contributed by atoms with Crippen LogP contribution < -0.4 is 4.74 Å². The predicted molar refractivity (Wildman–Crippen MR) is 100 cm³/mol. The summed E-state index contributed by atoms with van der Waals surface area (Å²) in [5.41, 5.74) is 1.21. The van der Waals surface area contributed by atoms with E-state index in [9.17, 15) is 9.90 Å². The van der Waals surface area contributed by atoms with Crippen LogP contribution in [0.3, 0.4) is 0 Å². The zero-order valence-corrected chi connectivity index (χ0v) is 15.6. The Kier molecular flexibility index (Phi) is 5.76. The number of carbonyl (C=O) groups is 1. The van der Waals surface area contributed by atoms with Crippen molar-refractivity contribution < 1.29 is 14.6 Å². The molecule has 3 rings (SSSR count). The smallest absolute Gasteiger partial charge is 0.306 e. The maximum Gasteiger partial charge on any atom is 0.306 e. The molecule has 1 saturated heterocycles. The van der Waals surface area contributed by atoms with Gasteiger partial charge in [0, 0.05) is 9.75 Å². The number of thiophene rings is 1. The SMILES string of the molecule is CCOc1cccc(C(c2ccc(C)s2)N2CCC(C(=O)O)CC2)c1. The van der Waals surface area contributed by atoms with Crippen LogP contribution in [0.15, 0.2) is 36.4 Å². The quantitative estimate of drug-likeness (QED) is 0.833. The van der Waals surface area contributed by atoms with Crippen LogP contribution in [0.1, 0.15) is 41.1 Å². The topological polar surface area (TPSA) is 49.8 Å². The molecule has 1 aromatic heterocycles. The molecule has 2 heterocycles. The van der Waals surface area contributed by atoms with Gasteiger partial charge in [-0.2, -0.15) is 0 Å². The molecule has 1 aromatic carbocycles. The van der Waals surface area contributed by atoms with E-state index < -0.39 is 5.97 Å². The van der Waals surface area contributed by atoms with Gasteiger partial charge in [-0.3, -0.25) is 9.69 Å². The molecule has 0 aliphatic carbocycles. The molecule has 0 amide bonds. The van der Waals surface area contributed by atoms with Crippen LogP contribution >= 0.6 is 11.3 Å². The third-order valence-electron chi connectivity index (χ3n) is 4.76. The molecule has 25 heavy (non-hydrogen) atoms. The van der Waals surface area contributed by atoms with E-state index in [1.54, 1.807) is 0 Å². The van der Waals surface area contributed by atoms with Gasteiger partial charge in [0.25, 0.3) is 0 Å². The highest BCUT2D eigenvalue weighted by Crippen LogP contribution is 2.37. The lowest BCUT2D eigenvalue weighted by Gasteiger charge is -2.36. The number of aryl methyl sites for hydroxylation is 1. The predicted octanol–water partition coefficient (Wildman–Crippen LogP) is 4.34. The Morgan fingerprint density at radius 1 is 1.32 bits per heavy atom. The highest BCUT2D eigenvalue weighted by molar-refractivity contribution is 7.12. The van der Waals surface area contributed by atoms with E-state index >= 15 is 0 Å². The van der Waals surface area contributed by atoms with Gasteiger partial charge in [0.1, 0.15) is 5.75 Å². The van der Waals surface area contributed by atoms with Gasteiger partial charge in [0.2, 0.25) is 0 Å². The van der Waals surface area contributed by atoms with Gasteiger partial charge >= 0.3 is 5.97 Å². The minimum absolute atomic E-state index is 0.161. The molecule has 1 N–H and O–H groups in total. The van der Waals surface area contributed by atoms with Crippen molar-refractivity contribution in [3.63, 3.8) is 0 Å². The maximum atomic E-state index is 11.3. The van der Waals surface area contributed by atoms with Crippen LogP contribution in [0.4, 0.5) is 0 Å². The van der Waals surface area contributed by atoms with Gasteiger partial charge in [-0.15, -0.1) is 11.3 Å². The van der Waals surface area contributed by atoms with Crippen LogP contribution in [0.25, 0.3) is 0 Å². The summed E-state index contributed by atoms with van der Waals surface area (Å²) in [6.07, 6.45) is 1.42. The number of rotatable bonds is 6. The second-order valence-corrected chi connectivity index (χ2v) is 7.82. The van der Waals surface area contributed by atoms with Crippen LogP contribution in [-0.2, 0) is 4.79 Å². The fourth-order valence-corrected chi connectivity index (χ4v) is 4.54. The van der Waals surface area contributed by atoms with Crippen molar-refractivity contribution in [3.8, 4) is 5.75 Å². The van der Waals surface area contributed by atoms with Gasteiger partial charge in [0.15, 0.2) is 0 Å². The van der Waals surface area contributed by atoms with Crippen LogP contribution in [0.5, 0.6) is 5.75 Å². The summed E-state index contributed by atoms with van der Waals surface area (Å²) >= 11 is 1.81. The molecule has 4 nitrogen and oxygen atoms in total. The minimum atomic E-state index is -0.665. The summed E-state index contributed by atoms with van der Waals surface area (Å²) < 4.78 is 5.68. The molecule has 134 valence electrons. The number of carboxylic acid groups (broad SMARTS) is 1. The zero-order valence-electron chi connectivity index (χ0n) is 14.8. The summed E-state index contributed by atoms with van der Waals surface area (Å²) in [7, 11) is 0. The lowest BCUT2D eigenvalue weighted by atomic mass is 9.93. The Bertz CT molecular complexity index is 719. The first kappa shape index (κ1) is 18.0. The second-order valence-electron chi connectivity index (χ2n) is 6.50. The summed E-state index contributed by atoms with van der Waals surface area (Å²) in [6, 6.07) is 12.8. The highest BCUT2D eigenvalue weighted by atomic mass is 32.1. The van der Waals surface area contributed by atoms with Crippen molar-refractivity contribution in [1.82, 2.24) is 4.90 Å². The summed E-state index contributed by atoms with van der Waals surface area (Å²) in [4.78, 5) is 16.3.